The van der Waals surface area contributed by atoms with Gasteiger partial charge < -0.3 is 25.7 Å². The topological polar surface area (TPSA) is 139 Å². The molecule has 0 saturated carbocycles. The number of fused-ring (bicyclic) bond motifs is 2. The van der Waals surface area contributed by atoms with Gasteiger partial charge in [0.1, 0.15) is 37.1 Å². The largest absolute Gasteiger partial charge is 0.417 e. The van der Waals surface area contributed by atoms with Crippen LogP contribution >= 0.6 is 0 Å². The van der Waals surface area contributed by atoms with Crippen LogP contribution in [0.1, 0.15) is 91.0 Å². The Morgan fingerprint density at radius 3 is 2.37 bits per heavy atom. The van der Waals surface area contributed by atoms with Crippen LogP contribution in [0.4, 0.5) is 0 Å². The number of amides is 4. The molecule has 2 aliphatic heterocycles. The molecular formula is C35H51N5O6. The number of carbonyl (C=O) groups is 5. The van der Waals surface area contributed by atoms with Gasteiger partial charge in [0, 0.05) is 36.9 Å². The van der Waals surface area contributed by atoms with Gasteiger partial charge in [-0.25, -0.2) is 0 Å². The van der Waals surface area contributed by atoms with Crippen LogP contribution in [0.15, 0.2) is 30.5 Å². The maximum absolute atomic E-state index is 14.1. The van der Waals surface area contributed by atoms with Gasteiger partial charge in [0.2, 0.25) is 23.6 Å². The molecule has 5 unspecified atom stereocenters. The number of para-hydroxylation sites is 1. The van der Waals surface area contributed by atoms with Crippen molar-refractivity contribution in [1.29, 1.82) is 0 Å². The van der Waals surface area contributed by atoms with E-state index in [0.717, 1.165) is 35.7 Å². The number of hydrogen-bond acceptors (Lipinski definition) is 6. The van der Waals surface area contributed by atoms with Crippen LogP contribution in [0.3, 0.4) is 0 Å². The summed E-state index contributed by atoms with van der Waals surface area (Å²) in [5.74, 6) is -1.51. The highest BCUT2D eigenvalue weighted by molar-refractivity contribution is 5.98. The van der Waals surface area contributed by atoms with Crippen LogP contribution in [0.25, 0.3) is 10.9 Å². The summed E-state index contributed by atoms with van der Waals surface area (Å²) in [6.45, 7) is 8.07. The summed E-state index contributed by atoms with van der Waals surface area (Å²) in [4.78, 5) is 75.0. The van der Waals surface area contributed by atoms with Gasteiger partial charge in [0.15, 0.2) is 0 Å². The molecular weight excluding hydrogens is 586 g/mol. The summed E-state index contributed by atoms with van der Waals surface area (Å²) < 4.78 is 1.62. The molecule has 5 atom stereocenters. The predicted octanol–water partition coefficient (Wildman–Crippen LogP) is 3.31. The summed E-state index contributed by atoms with van der Waals surface area (Å²) in [6, 6.07) is 4.19. The van der Waals surface area contributed by atoms with Crippen molar-refractivity contribution >= 4 is 40.3 Å². The zero-order valence-corrected chi connectivity index (χ0v) is 28.0. The zero-order chi connectivity index (χ0) is 33.4. The van der Waals surface area contributed by atoms with Crippen molar-refractivity contribution in [3.8, 4) is 0 Å². The molecule has 0 bridgehead atoms. The Hall–Kier alpha value is -3.89. The molecule has 4 amide bonds. The smallest absolute Gasteiger partial charge is 0.246 e. The number of Topliss-reactive ketones (excluding diaryl/α,β-unsaturated/α-hetero) is 1. The summed E-state index contributed by atoms with van der Waals surface area (Å²) in [6.07, 6.45) is 7.52. The van der Waals surface area contributed by atoms with Crippen LogP contribution in [0, 0.1) is 11.8 Å². The molecule has 2 saturated heterocycles. The lowest BCUT2D eigenvalue weighted by Gasteiger charge is -2.39. The molecule has 46 heavy (non-hydrogen) atoms. The Labute approximate surface area is 272 Å². The molecule has 0 radical (unpaired) electrons. The fourth-order valence-corrected chi connectivity index (χ4v) is 6.47. The molecule has 11 nitrogen and oxygen atoms in total. The summed E-state index contributed by atoms with van der Waals surface area (Å²) in [5.41, 5.74) is 1.62. The number of unbranched alkanes of at least 4 members (excludes halogenated alkanes) is 2. The second-order valence-electron chi connectivity index (χ2n) is 13.1. The highest BCUT2D eigenvalue weighted by Gasteiger charge is 2.40. The second kappa shape index (κ2) is 16.1. The van der Waals surface area contributed by atoms with Gasteiger partial charge in [-0.2, -0.15) is 4.73 Å². The molecule has 3 heterocycles. The van der Waals surface area contributed by atoms with Crippen LogP contribution in [-0.2, 0) is 30.4 Å². The van der Waals surface area contributed by atoms with Crippen molar-refractivity contribution in [2.24, 2.45) is 11.8 Å². The van der Waals surface area contributed by atoms with Crippen molar-refractivity contribution < 1.29 is 28.8 Å². The van der Waals surface area contributed by atoms with Crippen LogP contribution < -0.4 is 20.8 Å². The average molecular weight is 638 g/mol. The van der Waals surface area contributed by atoms with Crippen LogP contribution in [0.2, 0.25) is 0 Å². The third kappa shape index (κ3) is 8.27. The van der Waals surface area contributed by atoms with Gasteiger partial charge in [0.25, 0.3) is 0 Å². The molecule has 2 fully saturated rings. The number of nitrogens with one attached hydrogen (secondary N) is 3. The molecule has 1 aromatic heterocycles. The third-order valence-corrected chi connectivity index (χ3v) is 9.57. The van der Waals surface area contributed by atoms with Crippen molar-refractivity contribution in [2.45, 2.75) is 116 Å². The fourth-order valence-electron chi connectivity index (χ4n) is 6.47. The quantitative estimate of drug-likeness (QED) is 0.305. The van der Waals surface area contributed by atoms with E-state index in [4.69, 9.17) is 4.84 Å². The molecule has 3 N–H and O–H groups in total. The summed E-state index contributed by atoms with van der Waals surface area (Å²) in [5, 5.41) is 9.76. The minimum atomic E-state index is -1.01. The van der Waals surface area contributed by atoms with Gasteiger partial charge in [-0.05, 0) is 49.7 Å². The highest BCUT2D eigenvalue weighted by atomic mass is 16.6. The standard InChI is InChI=1S/C35H51N5O6/c1-6-23(4)31-35(45)39-19-13-12-17-29(39)34(44)36-26(15-8-7-9-18-30(41)22(2)3)32(42)37-27(33(43)38-31)20-24-21-40(46-5)28-16-11-10-14-25(24)28/h10-11,14,16,21-23,26-27,29,31H,6-9,12-13,15,17-20H2,1-5H3,(H,36,44)(H,37,42)(H,38,43). The van der Waals surface area contributed by atoms with Crippen molar-refractivity contribution in [2.75, 3.05) is 13.7 Å². The van der Waals surface area contributed by atoms with Gasteiger partial charge >= 0.3 is 0 Å². The number of benzene rings is 1. The number of aromatic nitrogens is 1. The molecule has 0 spiro atoms. The lowest BCUT2D eigenvalue weighted by atomic mass is 9.93. The number of piperidine rings is 1. The van der Waals surface area contributed by atoms with Crippen molar-refractivity contribution in [3.05, 3.63) is 36.0 Å². The Kier molecular flexibility index (Phi) is 12.2. The Bertz CT molecular complexity index is 1400. The second-order valence-corrected chi connectivity index (χ2v) is 13.1. The number of ketones is 1. The van der Waals surface area contributed by atoms with E-state index in [-0.39, 0.29) is 35.9 Å². The predicted molar refractivity (Wildman–Crippen MR) is 176 cm³/mol. The van der Waals surface area contributed by atoms with Gasteiger partial charge in [-0.15, -0.1) is 0 Å². The van der Waals surface area contributed by atoms with E-state index >= 15 is 0 Å². The van der Waals surface area contributed by atoms with E-state index in [0.29, 0.717) is 45.1 Å². The van der Waals surface area contributed by atoms with Crippen LogP contribution in [0.5, 0.6) is 0 Å². The maximum atomic E-state index is 14.1. The third-order valence-electron chi connectivity index (χ3n) is 9.57. The molecule has 2 aliphatic rings. The van der Waals surface area contributed by atoms with Crippen molar-refractivity contribution in [3.63, 3.8) is 0 Å². The molecule has 1 aromatic carbocycles. The summed E-state index contributed by atoms with van der Waals surface area (Å²) >= 11 is 0. The van der Waals surface area contributed by atoms with E-state index in [1.54, 1.807) is 22.9 Å². The van der Waals surface area contributed by atoms with E-state index in [9.17, 15) is 24.0 Å². The minimum Gasteiger partial charge on any atom is -0.417 e. The van der Waals surface area contributed by atoms with E-state index < -0.39 is 36.0 Å². The number of hydrogen-bond donors (Lipinski definition) is 3. The lowest BCUT2D eigenvalue weighted by Crippen LogP contribution is -2.64. The SMILES string of the molecule is CCC(C)C1NC(=O)C(Cc2cn(OC)c3ccccc23)NC(=O)C(CCCCCC(=O)C(C)C)NC(=O)C2CCCCN2C1=O. The Balaban J connectivity index is 1.65. The fraction of sp³-hybridized carbons (Fsp3) is 0.629. The molecule has 252 valence electrons. The normalized spacial score (nSPS) is 23.6. The van der Waals surface area contributed by atoms with Gasteiger partial charge in [-0.3, -0.25) is 24.0 Å². The first-order valence-electron chi connectivity index (χ1n) is 16.9. The van der Waals surface area contributed by atoms with E-state index in [1.165, 1.54) is 0 Å². The van der Waals surface area contributed by atoms with Crippen LogP contribution in [-0.4, -0.2) is 76.9 Å². The Morgan fingerprint density at radius 2 is 1.65 bits per heavy atom. The molecule has 4 rings (SSSR count). The number of carbonyl (C=O) groups excluding carboxylic acids is 5. The number of rotatable bonds is 12. The lowest BCUT2D eigenvalue weighted by molar-refractivity contribution is -0.147. The van der Waals surface area contributed by atoms with E-state index in [2.05, 4.69) is 16.0 Å². The monoisotopic (exact) mass is 637 g/mol. The van der Waals surface area contributed by atoms with Gasteiger partial charge in [-0.1, -0.05) is 65.2 Å². The first-order chi connectivity index (χ1) is 22.0. The first-order valence-corrected chi connectivity index (χ1v) is 16.9. The molecule has 2 aromatic rings. The molecule has 0 aliphatic carbocycles. The number of nitrogens with zero attached hydrogens (tertiary/aromatic N) is 2. The van der Waals surface area contributed by atoms with E-state index in [1.807, 2.05) is 52.0 Å². The summed E-state index contributed by atoms with van der Waals surface area (Å²) in [7, 11) is 1.56. The van der Waals surface area contributed by atoms with Crippen molar-refractivity contribution in [1.82, 2.24) is 25.6 Å². The van der Waals surface area contributed by atoms with Gasteiger partial charge in [0.05, 0.1) is 5.52 Å². The first kappa shape index (κ1) is 35.0. The molecule has 11 heteroatoms. The average Bonchev–Trinajstić information content (AvgIpc) is 3.41. The Morgan fingerprint density at radius 1 is 0.935 bits per heavy atom. The highest BCUT2D eigenvalue weighted by Crippen LogP contribution is 2.24. The minimum absolute atomic E-state index is 0.0153. The zero-order valence-electron chi connectivity index (χ0n) is 28.0. The maximum Gasteiger partial charge on any atom is 0.246 e.